The number of carbonyl (C=O) groups excluding carboxylic acids is 4. The van der Waals surface area contributed by atoms with Gasteiger partial charge < -0.3 is 33.8 Å². The molecule has 0 spiro atoms. The Kier molecular flexibility index (Phi) is 62.1. The molecule has 17 nitrogen and oxygen atoms in total. The molecule has 3 N–H and O–H groups in total. The summed E-state index contributed by atoms with van der Waals surface area (Å²) in [5.41, 5.74) is 0. The smallest absolute Gasteiger partial charge is 0.462 e. The molecule has 528 valence electrons. The highest BCUT2D eigenvalue weighted by molar-refractivity contribution is 7.47. The van der Waals surface area contributed by atoms with Crippen LogP contribution in [-0.2, 0) is 65.4 Å². The molecule has 0 bridgehead atoms. The van der Waals surface area contributed by atoms with E-state index in [0.29, 0.717) is 31.6 Å². The molecule has 0 rings (SSSR count). The van der Waals surface area contributed by atoms with Gasteiger partial charge in [0.2, 0.25) is 0 Å². The van der Waals surface area contributed by atoms with Gasteiger partial charge in [0.25, 0.3) is 0 Å². The van der Waals surface area contributed by atoms with Crippen LogP contribution in [0.3, 0.4) is 0 Å². The highest BCUT2D eigenvalue weighted by Crippen LogP contribution is 2.45. The lowest BCUT2D eigenvalue weighted by Gasteiger charge is -2.21. The molecule has 2 unspecified atom stereocenters. The van der Waals surface area contributed by atoms with Crippen LogP contribution < -0.4 is 0 Å². The molecule has 0 radical (unpaired) electrons. The van der Waals surface area contributed by atoms with Crippen LogP contribution in [0.4, 0.5) is 0 Å². The van der Waals surface area contributed by atoms with Crippen molar-refractivity contribution in [1.82, 2.24) is 0 Å². The Morgan fingerprint density at radius 2 is 0.517 bits per heavy atom. The first-order valence-corrected chi connectivity index (χ1v) is 39.6. The standard InChI is InChI=1S/C70H136O17P2/c1-6-9-12-15-17-19-21-23-24-25-26-27-28-29-30-31-32-34-36-40-45-50-55-69(74)87-66(60-81-68(73)54-49-44-39-35-33-22-20-18-16-13-10-7-2)62-85-89(78,79)83-58-64(71)57-82-88(76,77)84-61-65(59-80-67(72)53-48-42-14-11-8-3)86-70(75)56-51-46-41-37-38-43-47-52-63(4)5/h63-66,71H,6-62H2,1-5H3,(H,76,77)(H,78,79)/t64-,65+,66+/m0/s1. The van der Waals surface area contributed by atoms with E-state index in [9.17, 15) is 43.2 Å². The number of phosphoric ester groups is 2. The van der Waals surface area contributed by atoms with Crippen LogP contribution in [0.2, 0.25) is 0 Å². The van der Waals surface area contributed by atoms with Gasteiger partial charge in [0, 0.05) is 25.7 Å². The molecule has 0 amide bonds. The lowest BCUT2D eigenvalue weighted by atomic mass is 10.0. The maximum Gasteiger partial charge on any atom is 0.472 e. The summed E-state index contributed by atoms with van der Waals surface area (Å²) in [7, 11) is -9.89. The van der Waals surface area contributed by atoms with Crippen LogP contribution in [0.25, 0.3) is 0 Å². The maximum atomic E-state index is 13.0. The van der Waals surface area contributed by atoms with E-state index in [4.69, 9.17) is 37.0 Å². The Bertz CT molecular complexity index is 1720. The molecule has 0 saturated heterocycles. The summed E-state index contributed by atoms with van der Waals surface area (Å²) in [6.07, 6.45) is 50.7. The molecular formula is C70H136O17P2. The molecule has 0 heterocycles. The summed E-state index contributed by atoms with van der Waals surface area (Å²) in [6.45, 7) is 7.08. The molecule has 0 saturated carbocycles. The number of rotatable bonds is 70. The van der Waals surface area contributed by atoms with Crippen molar-refractivity contribution >= 4 is 39.5 Å². The van der Waals surface area contributed by atoms with Crippen LogP contribution in [0.1, 0.15) is 362 Å². The van der Waals surface area contributed by atoms with E-state index in [-0.39, 0.29) is 25.7 Å². The van der Waals surface area contributed by atoms with E-state index in [1.54, 1.807) is 0 Å². The minimum absolute atomic E-state index is 0.103. The Morgan fingerprint density at radius 1 is 0.303 bits per heavy atom. The van der Waals surface area contributed by atoms with Crippen molar-refractivity contribution in [3.63, 3.8) is 0 Å². The second-order valence-corrected chi connectivity index (χ2v) is 28.7. The average molecular weight is 1310 g/mol. The first-order valence-electron chi connectivity index (χ1n) is 36.6. The Labute approximate surface area is 543 Å². The van der Waals surface area contributed by atoms with E-state index in [1.165, 1.54) is 180 Å². The van der Waals surface area contributed by atoms with Crippen molar-refractivity contribution in [3.05, 3.63) is 0 Å². The minimum atomic E-state index is -4.95. The van der Waals surface area contributed by atoms with E-state index >= 15 is 0 Å². The summed E-state index contributed by atoms with van der Waals surface area (Å²) in [5, 5.41) is 10.5. The summed E-state index contributed by atoms with van der Waals surface area (Å²) < 4.78 is 68.0. The van der Waals surface area contributed by atoms with Gasteiger partial charge in [0.1, 0.15) is 19.3 Å². The van der Waals surface area contributed by atoms with E-state index in [2.05, 4.69) is 34.6 Å². The number of carbonyl (C=O) groups is 4. The van der Waals surface area contributed by atoms with Crippen LogP contribution >= 0.6 is 15.6 Å². The molecule has 0 aromatic heterocycles. The molecule has 19 heteroatoms. The predicted octanol–water partition coefficient (Wildman–Crippen LogP) is 20.1. The van der Waals surface area contributed by atoms with Gasteiger partial charge >= 0.3 is 39.5 Å². The minimum Gasteiger partial charge on any atom is -0.462 e. The summed E-state index contributed by atoms with van der Waals surface area (Å²) in [6, 6.07) is 0. The van der Waals surface area contributed by atoms with Gasteiger partial charge in [-0.15, -0.1) is 0 Å². The second-order valence-electron chi connectivity index (χ2n) is 25.7. The van der Waals surface area contributed by atoms with Crippen LogP contribution in [0, 0.1) is 5.92 Å². The van der Waals surface area contributed by atoms with Crippen LogP contribution in [0.5, 0.6) is 0 Å². The molecule has 0 aromatic carbocycles. The van der Waals surface area contributed by atoms with Crippen molar-refractivity contribution in [2.75, 3.05) is 39.6 Å². The largest absolute Gasteiger partial charge is 0.472 e. The lowest BCUT2D eigenvalue weighted by Crippen LogP contribution is -2.30. The average Bonchev–Trinajstić information content (AvgIpc) is 3.68. The summed E-state index contributed by atoms with van der Waals surface area (Å²) >= 11 is 0. The topological polar surface area (TPSA) is 237 Å². The number of hydrogen-bond acceptors (Lipinski definition) is 15. The van der Waals surface area contributed by atoms with Crippen molar-refractivity contribution in [3.8, 4) is 0 Å². The number of aliphatic hydroxyl groups excluding tert-OH is 1. The van der Waals surface area contributed by atoms with Gasteiger partial charge in [-0.1, -0.05) is 311 Å². The zero-order valence-electron chi connectivity index (χ0n) is 57.6. The van der Waals surface area contributed by atoms with Crippen LogP contribution in [0.15, 0.2) is 0 Å². The van der Waals surface area contributed by atoms with E-state index in [1.807, 2.05) is 0 Å². The van der Waals surface area contributed by atoms with Gasteiger partial charge in [-0.05, 0) is 31.6 Å². The Hall–Kier alpha value is -1.94. The highest BCUT2D eigenvalue weighted by Gasteiger charge is 2.30. The molecule has 0 aliphatic rings. The van der Waals surface area contributed by atoms with Gasteiger partial charge in [-0.25, -0.2) is 9.13 Å². The SMILES string of the molecule is CCCCCCCCCCCCCCCCCCCCCCCCC(=O)O[C@H](COC(=O)CCCCCCCCCCCCCC)COP(=O)(O)OC[C@@H](O)COP(=O)(O)OC[C@@H](COC(=O)CCCCCCC)OC(=O)CCCCCCCCCC(C)C. The first kappa shape index (κ1) is 87.1. The van der Waals surface area contributed by atoms with Crippen LogP contribution in [-0.4, -0.2) is 96.7 Å². The third-order valence-electron chi connectivity index (χ3n) is 16.3. The zero-order chi connectivity index (χ0) is 65.6. The Balaban J connectivity index is 5.08. The van der Waals surface area contributed by atoms with E-state index < -0.39 is 97.5 Å². The zero-order valence-corrected chi connectivity index (χ0v) is 59.4. The quantitative estimate of drug-likeness (QED) is 0.0222. The lowest BCUT2D eigenvalue weighted by molar-refractivity contribution is -0.161. The molecule has 0 aromatic rings. The van der Waals surface area contributed by atoms with E-state index in [0.717, 1.165) is 96.3 Å². The third kappa shape index (κ3) is 64.6. The predicted molar refractivity (Wildman–Crippen MR) is 358 cm³/mol. The second kappa shape index (κ2) is 63.5. The number of hydrogen-bond donors (Lipinski definition) is 3. The van der Waals surface area contributed by atoms with Gasteiger partial charge in [0.15, 0.2) is 12.2 Å². The van der Waals surface area contributed by atoms with Gasteiger partial charge in [-0.3, -0.25) is 37.3 Å². The molecular weight excluding hydrogens is 1170 g/mol. The monoisotopic (exact) mass is 1310 g/mol. The number of esters is 4. The summed E-state index contributed by atoms with van der Waals surface area (Å²) in [4.78, 5) is 72.2. The first-order chi connectivity index (χ1) is 43.0. The van der Waals surface area contributed by atoms with Crippen molar-refractivity contribution in [1.29, 1.82) is 0 Å². The number of phosphoric acid groups is 2. The molecule has 0 aliphatic carbocycles. The van der Waals surface area contributed by atoms with Crippen molar-refractivity contribution in [2.24, 2.45) is 5.92 Å². The van der Waals surface area contributed by atoms with Gasteiger partial charge in [0.05, 0.1) is 26.4 Å². The number of aliphatic hydroxyl groups is 1. The third-order valence-corrected chi connectivity index (χ3v) is 18.2. The highest BCUT2D eigenvalue weighted by atomic mass is 31.2. The molecule has 0 fully saturated rings. The number of ether oxygens (including phenoxy) is 4. The number of unbranched alkanes of at least 4 members (excludes halogenated alkanes) is 42. The van der Waals surface area contributed by atoms with Crippen molar-refractivity contribution in [2.45, 2.75) is 380 Å². The maximum absolute atomic E-state index is 13.0. The molecule has 89 heavy (non-hydrogen) atoms. The molecule has 5 atom stereocenters. The van der Waals surface area contributed by atoms with Gasteiger partial charge in [-0.2, -0.15) is 0 Å². The van der Waals surface area contributed by atoms with Crippen molar-refractivity contribution < 1.29 is 80.2 Å². The summed E-state index contributed by atoms with van der Waals surface area (Å²) in [5.74, 6) is -1.44. The molecule has 0 aliphatic heterocycles. The fourth-order valence-electron chi connectivity index (χ4n) is 10.6. The normalized spacial score (nSPS) is 14.1. The fraction of sp³-hybridized carbons (Fsp3) is 0.943. The fourth-order valence-corrected chi connectivity index (χ4v) is 12.2. The Morgan fingerprint density at radius 3 is 0.764 bits per heavy atom.